The summed E-state index contributed by atoms with van der Waals surface area (Å²) in [7, 11) is 0. The summed E-state index contributed by atoms with van der Waals surface area (Å²) < 4.78 is 0. The van der Waals surface area contributed by atoms with Crippen LogP contribution in [0.4, 0.5) is 0 Å². The second kappa shape index (κ2) is 7.21. The van der Waals surface area contributed by atoms with Crippen molar-refractivity contribution in [1.29, 1.82) is 0 Å². The molecule has 2 N–H and O–H groups in total. The molecule has 0 saturated heterocycles. The van der Waals surface area contributed by atoms with Gasteiger partial charge in [0.25, 0.3) is 0 Å². The first-order valence-electron chi connectivity index (χ1n) is 13.9. The minimum Gasteiger partial charge on any atom is -0.390 e. The maximum atomic E-state index is 11.1. The summed E-state index contributed by atoms with van der Waals surface area (Å²) in [5.41, 5.74) is 0.106. The molecule has 0 aliphatic heterocycles. The largest absolute Gasteiger partial charge is 0.390 e. The van der Waals surface area contributed by atoms with Crippen LogP contribution >= 0.6 is 0 Å². The molecule has 0 spiro atoms. The van der Waals surface area contributed by atoms with E-state index in [9.17, 15) is 10.2 Å². The van der Waals surface area contributed by atoms with Crippen molar-refractivity contribution in [1.82, 2.24) is 0 Å². The molecule has 5 saturated carbocycles. The first-order valence-corrected chi connectivity index (χ1v) is 13.9. The molecule has 0 aromatic heterocycles. The van der Waals surface area contributed by atoms with E-state index >= 15 is 0 Å². The quantitative estimate of drug-likeness (QED) is 0.502. The average Bonchev–Trinajstić information content (AvgIpc) is 3.40. The summed E-state index contributed by atoms with van der Waals surface area (Å²) in [6, 6.07) is 0. The predicted octanol–water partition coefficient (Wildman–Crippen LogP) is 6.83. The van der Waals surface area contributed by atoms with E-state index in [0.717, 1.165) is 73.0 Å². The second-order valence-corrected chi connectivity index (χ2v) is 14.3. The van der Waals surface area contributed by atoms with Crippen LogP contribution in [0.5, 0.6) is 0 Å². The van der Waals surface area contributed by atoms with E-state index in [2.05, 4.69) is 27.7 Å². The van der Waals surface area contributed by atoms with Gasteiger partial charge < -0.3 is 10.2 Å². The van der Waals surface area contributed by atoms with Gasteiger partial charge >= 0.3 is 0 Å². The van der Waals surface area contributed by atoms with Crippen LogP contribution in [0.3, 0.4) is 0 Å². The van der Waals surface area contributed by atoms with Crippen LogP contribution < -0.4 is 0 Å². The van der Waals surface area contributed by atoms with Gasteiger partial charge in [-0.3, -0.25) is 0 Å². The fraction of sp³-hybridized carbons (Fsp3) is 1.00. The molecule has 0 bridgehead atoms. The number of fused-ring (bicyclic) bond motifs is 7. The number of hydrogen-bond donors (Lipinski definition) is 2. The fourth-order valence-corrected chi connectivity index (χ4v) is 10.5. The van der Waals surface area contributed by atoms with Gasteiger partial charge in [0.15, 0.2) is 0 Å². The Labute approximate surface area is 192 Å². The molecule has 0 radical (unpaired) electrons. The highest BCUT2D eigenvalue weighted by molar-refractivity contribution is 5.19. The van der Waals surface area contributed by atoms with Gasteiger partial charge in [0.1, 0.15) is 0 Å². The third-order valence-corrected chi connectivity index (χ3v) is 12.2. The molecule has 5 fully saturated rings. The molecule has 31 heavy (non-hydrogen) atoms. The van der Waals surface area contributed by atoms with Crippen molar-refractivity contribution in [2.24, 2.45) is 58.2 Å². The summed E-state index contributed by atoms with van der Waals surface area (Å²) in [5.74, 6) is 7.15. The smallest absolute Gasteiger partial charge is 0.0648 e. The lowest BCUT2D eigenvalue weighted by atomic mass is 9.42. The Morgan fingerprint density at radius 3 is 2.39 bits per heavy atom. The monoisotopic (exact) mass is 430 g/mol. The van der Waals surface area contributed by atoms with Crippen molar-refractivity contribution < 1.29 is 10.2 Å². The van der Waals surface area contributed by atoms with Gasteiger partial charge in [-0.2, -0.15) is 0 Å². The molecule has 2 heteroatoms. The number of rotatable bonds is 5. The van der Waals surface area contributed by atoms with Crippen LogP contribution in [0.2, 0.25) is 0 Å². The fourth-order valence-electron chi connectivity index (χ4n) is 10.5. The standard InChI is InChI=1S/C29H50O2/c1-7-29(31)15-14-27(5)19(17-29)8-9-20-23(27)11-13-28(6)24(21-16-22(21)25(20)28)18(2)10-12-26(3,4)30/h18-25,30-31H,7-17H2,1-6H3/t18-,19+,20-,21-,22+,23+,24+,25-,27+,28-,29+/m1/s1. The van der Waals surface area contributed by atoms with E-state index in [-0.39, 0.29) is 5.60 Å². The lowest BCUT2D eigenvalue weighted by Gasteiger charge is -2.63. The van der Waals surface area contributed by atoms with E-state index < -0.39 is 5.60 Å². The molecule has 5 aliphatic rings. The molecule has 0 aromatic carbocycles. The van der Waals surface area contributed by atoms with Crippen molar-refractivity contribution >= 4 is 0 Å². The van der Waals surface area contributed by atoms with Crippen molar-refractivity contribution in [2.75, 3.05) is 0 Å². The lowest BCUT2D eigenvalue weighted by Crippen LogP contribution is -2.56. The molecule has 5 rings (SSSR count). The Hall–Kier alpha value is -0.0800. The summed E-state index contributed by atoms with van der Waals surface area (Å²) in [6.07, 6.45) is 13.6. The van der Waals surface area contributed by atoms with E-state index in [0.29, 0.717) is 10.8 Å². The Balaban J connectivity index is 1.36. The first-order chi connectivity index (χ1) is 14.4. The number of aliphatic hydroxyl groups is 2. The van der Waals surface area contributed by atoms with Crippen LogP contribution in [0.25, 0.3) is 0 Å². The zero-order valence-electron chi connectivity index (χ0n) is 21.3. The highest BCUT2D eigenvalue weighted by Gasteiger charge is 2.71. The Morgan fingerprint density at radius 2 is 1.71 bits per heavy atom. The van der Waals surface area contributed by atoms with Crippen LogP contribution in [0.1, 0.15) is 112 Å². The van der Waals surface area contributed by atoms with E-state index in [1.807, 2.05) is 13.8 Å². The zero-order chi connectivity index (χ0) is 22.4. The molecule has 11 atom stereocenters. The van der Waals surface area contributed by atoms with Crippen molar-refractivity contribution in [2.45, 2.75) is 123 Å². The molecular formula is C29H50O2. The van der Waals surface area contributed by atoms with Gasteiger partial charge in [0.05, 0.1) is 11.2 Å². The zero-order valence-corrected chi connectivity index (χ0v) is 21.3. The molecular weight excluding hydrogens is 380 g/mol. The Bertz CT molecular complexity index is 695. The van der Waals surface area contributed by atoms with Crippen LogP contribution in [-0.4, -0.2) is 21.4 Å². The first kappa shape index (κ1) is 22.7. The molecule has 2 nitrogen and oxygen atoms in total. The Kier molecular flexibility index (Phi) is 5.28. The van der Waals surface area contributed by atoms with E-state index in [1.165, 1.54) is 44.9 Å². The minimum atomic E-state index is -0.526. The van der Waals surface area contributed by atoms with Crippen LogP contribution in [-0.2, 0) is 0 Å². The van der Waals surface area contributed by atoms with Gasteiger partial charge in [-0.25, -0.2) is 0 Å². The third-order valence-electron chi connectivity index (χ3n) is 12.2. The summed E-state index contributed by atoms with van der Waals surface area (Å²) >= 11 is 0. The second-order valence-electron chi connectivity index (χ2n) is 14.3. The van der Waals surface area contributed by atoms with Crippen molar-refractivity contribution in [3.05, 3.63) is 0 Å². The SMILES string of the molecule is CC[C@]1(O)CC[C@@]2(C)[C@@H](CC[C@H]3[C@@H]4[C@H]5C[C@H]5[C@H]([C@H](C)CCC(C)(C)O)[C@@]4(C)CC[C@@H]32)C1. The third kappa shape index (κ3) is 3.48. The lowest BCUT2D eigenvalue weighted by molar-refractivity contribution is -0.158. The van der Waals surface area contributed by atoms with E-state index in [4.69, 9.17) is 0 Å². The van der Waals surface area contributed by atoms with Gasteiger partial charge in [-0.15, -0.1) is 0 Å². The predicted molar refractivity (Wildman–Crippen MR) is 128 cm³/mol. The summed E-state index contributed by atoms with van der Waals surface area (Å²) in [5, 5.41) is 21.4. The van der Waals surface area contributed by atoms with Crippen LogP contribution in [0, 0.1) is 58.2 Å². The van der Waals surface area contributed by atoms with E-state index in [1.54, 1.807) is 0 Å². The van der Waals surface area contributed by atoms with Gasteiger partial charge in [-0.05, 0) is 143 Å². The topological polar surface area (TPSA) is 40.5 Å². The molecule has 0 heterocycles. The normalized spacial score (nSPS) is 54.4. The summed E-state index contributed by atoms with van der Waals surface area (Å²) in [6.45, 7) is 14.0. The highest BCUT2D eigenvalue weighted by atomic mass is 16.3. The number of hydrogen-bond acceptors (Lipinski definition) is 2. The molecule has 0 amide bonds. The summed E-state index contributed by atoms with van der Waals surface area (Å²) in [4.78, 5) is 0. The molecule has 0 aromatic rings. The molecule has 178 valence electrons. The average molecular weight is 431 g/mol. The van der Waals surface area contributed by atoms with Gasteiger partial charge in [0.2, 0.25) is 0 Å². The molecule has 0 unspecified atom stereocenters. The van der Waals surface area contributed by atoms with Crippen molar-refractivity contribution in [3.63, 3.8) is 0 Å². The maximum absolute atomic E-state index is 11.1. The van der Waals surface area contributed by atoms with Gasteiger partial charge in [0, 0.05) is 0 Å². The van der Waals surface area contributed by atoms with Crippen LogP contribution in [0.15, 0.2) is 0 Å². The maximum Gasteiger partial charge on any atom is 0.0648 e. The molecule has 5 aliphatic carbocycles. The highest BCUT2D eigenvalue weighted by Crippen LogP contribution is 2.77. The van der Waals surface area contributed by atoms with Gasteiger partial charge in [-0.1, -0.05) is 27.7 Å². The minimum absolute atomic E-state index is 0.379. The van der Waals surface area contributed by atoms with Crippen molar-refractivity contribution in [3.8, 4) is 0 Å². The Morgan fingerprint density at radius 1 is 0.968 bits per heavy atom.